The Balaban J connectivity index is 2.33. The molecule has 2 atom stereocenters. The molecule has 12 heavy (non-hydrogen) atoms. The summed E-state index contributed by atoms with van der Waals surface area (Å²) in [6.45, 7) is 2.00. The van der Waals surface area contributed by atoms with E-state index in [9.17, 15) is 9.59 Å². The van der Waals surface area contributed by atoms with Gasteiger partial charge in [-0.05, 0) is 12.8 Å². The van der Waals surface area contributed by atoms with Crippen molar-refractivity contribution in [1.82, 2.24) is 0 Å². The van der Waals surface area contributed by atoms with E-state index in [4.69, 9.17) is 5.11 Å². The number of hydrogen-bond donors (Lipinski definition) is 1. The topological polar surface area (TPSA) is 54.4 Å². The molecule has 4 heteroatoms. The van der Waals surface area contributed by atoms with Gasteiger partial charge in [-0.2, -0.15) is 0 Å². The summed E-state index contributed by atoms with van der Waals surface area (Å²) in [5, 5.41) is 8.95. The highest BCUT2D eigenvalue weighted by Gasteiger charge is 2.30. The molecule has 3 nitrogen and oxygen atoms in total. The molecule has 0 saturated carbocycles. The number of thioether (sulfide) groups is 1. The summed E-state index contributed by atoms with van der Waals surface area (Å²) in [4.78, 5) is 21.4. The average Bonchev–Trinajstić information content (AvgIpc) is 2.26. The SMILES string of the molecule is CC1CC(CCC(=O)O)C(=O)S1. The summed E-state index contributed by atoms with van der Waals surface area (Å²) in [6.07, 6.45) is 1.46. The third kappa shape index (κ3) is 2.52. The molecule has 1 aliphatic rings. The highest BCUT2D eigenvalue weighted by atomic mass is 32.2. The van der Waals surface area contributed by atoms with Gasteiger partial charge in [0.2, 0.25) is 0 Å². The number of rotatable bonds is 3. The Hall–Kier alpha value is -0.510. The molecule has 1 rings (SSSR count). The van der Waals surface area contributed by atoms with Crippen molar-refractivity contribution in [3.63, 3.8) is 0 Å². The normalized spacial score (nSPS) is 29.2. The number of carboxylic acids is 1. The summed E-state index contributed by atoms with van der Waals surface area (Å²) < 4.78 is 0. The highest BCUT2D eigenvalue weighted by molar-refractivity contribution is 8.14. The molecule has 2 unspecified atom stereocenters. The molecule has 1 heterocycles. The van der Waals surface area contributed by atoms with Gasteiger partial charge in [0.1, 0.15) is 0 Å². The third-order valence-corrected chi connectivity index (χ3v) is 3.13. The second kappa shape index (κ2) is 3.94. The van der Waals surface area contributed by atoms with Crippen molar-refractivity contribution >= 4 is 22.8 Å². The molecule has 0 aromatic carbocycles. The molecule has 1 aliphatic heterocycles. The van der Waals surface area contributed by atoms with Gasteiger partial charge >= 0.3 is 5.97 Å². The number of aliphatic carboxylic acids is 1. The van der Waals surface area contributed by atoms with E-state index in [0.717, 1.165) is 6.42 Å². The van der Waals surface area contributed by atoms with Crippen LogP contribution in [0.3, 0.4) is 0 Å². The van der Waals surface area contributed by atoms with E-state index in [1.165, 1.54) is 11.8 Å². The largest absolute Gasteiger partial charge is 0.481 e. The molecule has 1 fully saturated rings. The molecule has 0 radical (unpaired) electrons. The lowest BCUT2D eigenvalue weighted by atomic mass is 10.00. The highest BCUT2D eigenvalue weighted by Crippen LogP contribution is 2.34. The van der Waals surface area contributed by atoms with E-state index in [1.54, 1.807) is 0 Å². The van der Waals surface area contributed by atoms with Crippen LogP contribution in [0, 0.1) is 5.92 Å². The van der Waals surface area contributed by atoms with Crippen molar-refractivity contribution < 1.29 is 14.7 Å². The van der Waals surface area contributed by atoms with Gasteiger partial charge in [0.25, 0.3) is 0 Å². The molecule has 0 aromatic heterocycles. The van der Waals surface area contributed by atoms with Crippen molar-refractivity contribution in [3.05, 3.63) is 0 Å². The molecular formula is C8H12O3S. The van der Waals surface area contributed by atoms with E-state index in [-0.39, 0.29) is 17.5 Å². The third-order valence-electron chi connectivity index (χ3n) is 1.97. The van der Waals surface area contributed by atoms with E-state index >= 15 is 0 Å². The first-order valence-corrected chi connectivity index (χ1v) is 4.90. The Morgan fingerprint density at radius 2 is 2.42 bits per heavy atom. The summed E-state index contributed by atoms with van der Waals surface area (Å²) in [7, 11) is 0. The zero-order chi connectivity index (χ0) is 9.14. The summed E-state index contributed by atoms with van der Waals surface area (Å²) in [5.41, 5.74) is 0. The van der Waals surface area contributed by atoms with Gasteiger partial charge in [0.15, 0.2) is 5.12 Å². The van der Waals surface area contributed by atoms with Crippen molar-refractivity contribution in [3.8, 4) is 0 Å². The van der Waals surface area contributed by atoms with Crippen molar-refractivity contribution in [2.24, 2.45) is 5.92 Å². The van der Waals surface area contributed by atoms with Crippen molar-refractivity contribution in [2.45, 2.75) is 31.4 Å². The quantitative estimate of drug-likeness (QED) is 0.729. The lowest BCUT2D eigenvalue weighted by Gasteiger charge is -2.03. The van der Waals surface area contributed by atoms with Crippen LogP contribution in [-0.4, -0.2) is 21.4 Å². The van der Waals surface area contributed by atoms with Crippen LogP contribution in [-0.2, 0) is 9.59 Å². The molecule has 0 amide bonds. The van der Waals surface area contributed by atoms with Crippen LogP contribution >= 0.6 is 11.8 Å². The zero-order valence-electron chi connectivity index (χ0n) is 6.95. The van der Waals surface area contributed by atoms with Crippen LogP contribution < -0.4 is 0 Å². The van der Waals surface area contributed by atoms with Crippen molar-refractivity contribution in [2.75, 3.05) is 0 Å². The molecular weight excluding hydrogens is 176 g/mol. The molecule has 1 N–H and O–H groups in total. The monoisotopic (exact) mass is 188 g/mol. The Kier molecular flexibility index (Phi) is 3.14. The number of carbonyl (C=O) groups is 2. The first-order chi connectivity index (χ1) is 5.59. The lowest BCUT2D eigenvalue weighted by Crippen LogP contribution is -2.07. The van der Waals surface area contributed by atoms with E-state index in [1.807, 2.05) is 6.92 Å². The maximum absolute atomic E-state index is 11.2. The smallest absolute Gasteiger partial charge is 0.303 e. The predicted molar refractivity (Wildman–Crippen MR) is 47.0 cm³/mol. The number of hydrogen-bond acceptors (Lipinski definition) is 3. The minimum absolute atomic E-state index is 0.0129. The standard InChI is InChI=1S/C8H12O3S/c1-5-4-6(8(11)12-5)2-3-7(9)10/h5-6H,2-4H2,1H3,(H,9,10). The molecule has 0 aliphatic carbocycles. The summed E-state index contributed by atoms with van der Waals surface area (Å²) in [5.74, 6) is -0.826. The fraction of sp³-hybridized carbons (Fsp3) is 0.750. The van der Waals surface area contributed by atoms with Gasteiger partial charge in [-0.3, -0.25) is 9.59 Å². The second-order valence-electron chi connectivity index (χ2n) is 3.11. The molecule has 0 bridgehead atoms. The summed E-state index contributed by atoms with van der Waals surface area (Å²) >= 11 is 1.35. The van der Waals surface area contributed by atoms with Gasteiger partial charge in [-0.15, -0.1) is 0 Å². The number of carboxylic acid groups (broad SMARTS) is 1. The molecule has 0 aromatic rings. The van der Waals surface area contributed by atoms with E-state index in [0.29, 0.717) is 11.7 Å². The first kappa shape index (κ1) is 9.58. The minimum atomic E-state index is -0.813. The fourth-order valence-electron chi connectivity index (χ4n) is 1.37. The van der Waals surface area contributed by atoms with Crippen LogP contribution in [0.5, 0.6) is 0 Å². The van der Waals surface area contributed by atoms with Crippen molar-refractivity contribution in [1.29, 1.82) is 0 Å². The maximum atomic E-state index is 11.2. The zero-order valence-corrected chi connectivity index (χ0v) is 7.76. The molecule has 68 valence electrons. The lowest BCUT2D eigenvalue weighted by molar-refractivity contribution is -0.137. The van der Waals surface area contributed by atoms with Crippen LogP contribution in [0.4, 0.5) is 0 Å². The first-order valence-electron chi connectivity index (χ1n) is 4.02. The van der Waals surface area contributed by atoms with Crippen LogP contribution in [0.2, 0.25) is 0 Å². The van der Waals surface area contributed by atoms with Gasteiger partial charge < -0.3 is 5.11 Å². The van der Waals surface area contributed by atoms with Crippen LogP contribution in [0.25, 0.3) is 0 Å². The minimum Gasteiger partial charge on any atom is -0.481 e. The summed E-state index contributed by atoms with van der Waals surface area (Å²) in [6, 6.07) is 0. The van der Waals surface area contributed by atoms with E-state index < -0.39 is 5.97 Å². The Bertz CT molecular complexity index is 202. The van der Waals surface area contributed by atoms with Crippen LogP contribution in [0.15, 0.2) is 0 Å². The van der Waals surface area contributed by atoms with Gasteiger partial charge in [0, 0.05) is 17.6 Å². The molecule has 0 spiro atoms. The van der Waals surface area contributed by atoms with Gasteiger partial charge in [0.05, 0.1) is 0 Å². The fourth-order valence-corrected chi connectivity index (χ4v) is 2.50. The Labute approximate surface area is 75.5 Å². The predicted octanol–water partition coefficient (Wildman–Crippen LogP) is 1.52. The maximum Gasteiger partial charge on any atom is 0.303 e. The Morgan fingerprint density at radius 1 is 1.75 bits per heavy atom. The number of carbonyl (C=O) groups excluding carboxylic acids is 1. The average molecular weight is 188 g/mol. The van der Waals surface area contributed by atoms with E-state index in [2.05, 4.69) is 0 Å². The molecule has 1 saturated heterocycles. The second-order valence-corrected chi connectivity index (χ2v) is 4.56. The Morgan fingerprint density at radius 3 is 2.83 bits per heavy atom. The van der Waals surface area contributed by atoms with Crippen LogP contribution in [0.1, 0.15) is 26.2 Å². The van der Waals surface area contributed by atoms with Gasteiger partial charge in [-0.25, -0.2) is 0 Å². The van der Waals surface area contributed by atoms with Gasteiger partial charge in [-0.1, -0.05) is 18.7 Å².